The molecule has 1 unspecified atom stereocenters. The van der Waals surface area contributed by atoms with Crippen molar-refractivity contribution in [1.29, 1.82) is 0 Å². The highest BCUT2D eigenvalue weighted by molar-refractivity contribution is 6.30. The summed E-state index contributed by atoms with van der Waals surface area (Å²) in [4.78, 5) is 25.1. The Morgan fingerprint density at radius 1 is 0.912 bits per heavy atom. The maximum atomic E-state index is 12.6. The maximum Gasteiger partial charge on any atom is 0.343 e. The number of nitrogens with zero attached hydrogens (tertiary/aromatic N) is 1. The topological polar surface area (TPSA) is 77.0 Å². The number of ether oxygens (including phenoxy) is 2. The Morgan fingerprint density at radius 3 is 2.38 bits per heavy atom. The van der Waals surface area contributed by atoms with Crippen LogP contribution in [0.4, 0.5) is 0 Å². The van der Waals surface area contributed by atoms with E-state index in [0.717, 1.165) is 10.8 Å². The lowest BCUT2D eigenvalue weighted by Crippen LogP contribution is -2.33. The second kappa shape index (κ2) is 10.6. The van der Waals surface area contributed by atoms with Crippen LogP contribution in [-0.2, 0) is 4.79 Å². The van der Waals surface area contributed by atoms with Gasteiger partial charge in [0.15, 0.2) is 6.10 Å². The van der Waals surface area contributed by atoms with Crippen LogP contribution in [0.2, 0.25) is 5.02 Å². The van der Waals surface area contributed by atoms with Crippen molar-refractivity contribution in [2.75, 3.05) is 0 Å². The van der Waals surface area contributed by atoms with Crippen molar-refractivity contribution in [3.8, 4) is 11.5 Å². The maximum absolute atomic E-state index is 12.6. The van der Waals surface area contributed by atoms with Crippen LogP contribution in [0.5, 0.6) is 11.5 Å². The largest absolute Gasteiger partial charge is 0.481 e. The van der Waals surface area contributed by atoms with Crippen molar-refractivity contribution < 1.29 is 19.1 Å². The summed E-state index contributed by atoms with van der Waals surface area (Å²) in [5.41, 5.74) is 3.47. The molecular formula is C27H21ClN2O4. The van der Waals surface area contributed by atoms with Crippen LogP contribution in [0.3, 0.4) is 0 Å². The first-order valence-electron chi connectivity index (χ1n) is 10.6. The summed E-state index contributed by atoms with van der Waals surface area (Å²) >= 11 is 5.87. The Morgan fingerprint density at radius 2 is 1.62 bits per heavy atom. The number of hydrogen-bond donors (Lipinski definition) is 1. The molecule has 0 fully saturated rings. The first kappa shape index (κ1) is 23.0. The van der Waals surface area contributed by atoms with Crippen molar-refractivity contribution in [2.24, 2.45) is 5.10 Å². The number of hydrazone groups is 1. The SMILES string of the molecule is CC(Oc1ccc(Cl)cc1)C(=O)N/N=C/c1c(OC(=O)c2ccccc2)ccc2ccccc12. The molecule has 4 aromatic rings. The molecular weight excluding hydrogens is 452 g/mol. The summed E-state index contributed by atoms with van der Waals surface area (Å²) in [7, 11) is 0. The summed E-state index contributed by atoms with van der Waals surface area (Å²) in [6, 6.07) is 26.6. The Bertz CT molecular complexity index is 1340. The van der Waals surface area contributed by atoms with Crippen LogP contribution in [0, 0.1) is 0 Å². The van der Waals surface area contributed by atoms with Gasteiger partial charge in [-0.1, -0.05) is 60.1 Å². The van der Waals surface area contributed by atoms with E-state index in [9.17, 15) is 9.59 Å². The minimum atomic E-state index is -0.791. The van der Waals surface area contributed by atoms with Gasteiger partial charge in [0, 0.05) is 10.6 Å². The minimum Gasteiger partial charge on any atom is -0.481 e. The van der Waals surface area contributed by atoms with Crippen molar-refractivity contribution in [3.63, 3.8) is 0 Å². The predicted octanol–water partition coefficient (Wildman–Crippen LogP) is 5.63. The number of amides is 1. The van der Waals surface area contributed by atoms with Crippen molar-refractivity contribution >= 4 is 40.5 Å². The Labute approximate surface area is 201 Å². The Hall–Kier alpha value is -4.16. The van der Waals surface area contributed by atoms with Gasteiger partial charge in [0.05, 0.1) is 11.8 Å². The van der Waals surface area contributed by atoms with Crippen LogP contribution in [0.25, 0.3) is 10.8 Å². The molecule has 0 saturated carbocycles. The summed E-state index contributed by atoms with van der Waals surface area (Å²) in [6.45, 7) is 1.62. The molecule has 0 spiro atoms. The van der Waals surface area contributed by atoms with Gasteiger partial charge >= 0.3 is 5.97 Å². The van der Waals surface area contributed by atoms with Crippen LogP contribution in [-0.4, -0.2) is 24.2 Å². The third kappa shape index (κ3) is 5.60. The molecule has 0 saturated heterocycles. The third-order valence-electron chi connectivity index (χ3n) is 5.01. The van der Waals surface area contributed by atoms with E-state index in [1.54, 1.807) is 61.5 Å². The fourth-order valence-corrected chi connectivity index (χ4v) is 3.38. The average molecular weight is 473 g/mol. The summed E-state index contributed by atoms with van der Waals surface area (Å²) in [5.74, 6) is -0.0787. The number of benzene rings is 4. The minimum absolute atomic E-state index is 0.330. The fourth-order valence-electron chi connectivity index (χ4n) is 3.25. The molecule has 4 rings (SSSR count). The van der Waals surface area contributed by atoms with E-state index in [1.807, 2.05) is 36.4 Å². The zero-order valence-electron chi connectivity index (χ0n) is 18.3. The molecule has 0 aliphatic rings. The highest BCUT2D eigenvalue weighted by atomic mass is 35.5. The van der Waals surface area contributed by atoms with Gasteiger partial charge in [0.2, 0.25) is 0 Å². The van der Waals surface area contributed by atoms with Crippen molar-refractivity contribution in [3.05, 3.63) is 107 Å². The molecule has 0 aromatic heterocycles. The number of halogens is 1. The summed E-state index contributed by atoms with van der Waals surface area (Å²) in [6.07, 6.45) is 0.671. The number of fused-ring (bicyclic) bond motifs is 1. The van der Waals surface area contributed by atoms with E-state index in [2.05, 4.69) is 10.5 Å². The fraction of sp³-hybridized carbons (Fsp3) is 0.0741. The van der Waals surface area contributed by atoms with Crippen molar-refractivity contribution in [2.45, 2.75) is 13.0 Å². The highest BCUT2D eigenvalue weighted by Crippen LogP contribution is 2.27. The van der Waals surface area contributed by atoms with Crippen LogP contribution in [0.1, 0.15) is 22.8 Å². The van der Waals surface area contributed by atoms with E-state index < -0.39 is 18.0 Å². The molecule has 0 heterocycles. The number of rotatable bonds is 7. The summed E-state index contributed by atoms with van der Waals surface area (Å²) in [5, 5.41) is 6.43. The molecule has 0 radical (unpaired) electrons. The van der Waals surface area contributed by atoms with Gasteiger partial charge in [-0.2, -0.15) is 5.10 Å². The molecule has 1 N–H and O–H groups in total. The molecule has 4 aromatic carbocycles. The average Bonchev–Trinajstić information content (AvgIpc) is 2.86. The number of carbonyl (C=O) groups excluding carboxylic acids is 2. The van der Waals surface area contributed by atoms with Gasteiger partial charge < -0.3 is 9.47 Å². The molecule has 7 heteroatoms. The second-order valence-electron chi connectivity index (χ2n) is 7.40. The molecule has 0 bridgehead atoms. The van der Waals surface area contributed by atoms with Gasteiger partial charge in [0.1, 0.15) is 11.5 Å². The van der Waals surface area contributed by atoms with E-state index in [0.29, 0.717) is 27.6 Å². The zero-order chi connectivity index (χ0) is 23.9. The predicted molar refractivity (Wildman–Crippen MR) is 133 cm³/mol. The van der Waals surface area contributed by atoms with Crippen LogP contribution in [0.15, 0.2) is 96.1 Å². The van der Waals surface area contributed by atoms with E-state index >= 15 is 0 Å². The molecule has 34 heavy (non-hydrogen) atoms. The lowest BCUT2D eigenvalue weighted by molar-refractivity contribution is -0.127. The molecule has 6 nitrogen and oxygen atoms in total. The van der Waals surface area contributed by atoms with Gasteiger partial charge in [-0.15, -0.1) is 0 Å². The molecule has 0 aliphatic heterocycles. The van der Waals surface area contributed by atoms with Gasteiger partial charge in [-0.05, 0) is 60.2 Å². The first-order valence-corrected chi connectivity index (χ1v) is 10.9. The molecule has 1 amide bonds. The summed E-state index contributed by atoms with van der Waals surface area (Å²) < 4.78 is 11.3. The van der Waals surface area contributed by atoms with E-state index in [-0.39, 0.29) is 0 Å². The number of nitrogens with one attached hydrogen (secondary N) is 1. The monoisotopic (exact) mass is 472 g/mol. The number of esters is 1. The zero-order valence-corrected chi connectivity index (χ0v) is 19.0. The standard InChI is InChI=1S/C27H21ClN2O4/c1-18(33-22-14-12-21(28)13-15-22)26(31)30-29-17-24-23-10-6-5-7-19(23)11-16-25(24)34-27(32)20-8-3-2-4-9-20/h2-18H,1H3,(H,30,31)/b29-17+. The highest BCUT2D eigenvalue weighted by Gasteiger charge is 2.15. The van der Waals surface area contributed by atoms with Crippen LogP contribution < -0.4 is 14.9 Å². The normalized spacial score (nSPS) is 11.8. The van der Waals surface area contributed by atoms with Gasteiger partial charge in [-0.25, -0.2) is 10.2 Å². The van der Waals surface area contributed by atoms with E-state index in [4.69, 9.17) is 21.1 Å². The van der Waals surface area contributed by atoms with Crippen LogP contribution >= 0.6 is 11.6 Å². The quantitative estimate of drug-likeness (QED) is 0.164. The van der Waals surface area contributed by atoms with E-state index in [1.165, 1.54) is 6.21 Å². The lowest BCUT2D eigenvalue weighted by Gasteiger charge is -2.13. The second-order valence-corrected chi connectivity index (χ2v) is 7.84. The number of carbonyl (C=O) groups is 2. The first-order chi connectivity index (χ1) is 16.5. The molecule has 1 atom stereocenters. The molecule has 170 valence electrons. The van der Waals surface area contributed by atoms with Gasteiger partial charge in [0.25, 0.3) is 5.91 Å². The lowest BCUT2D eigenvalue weighted by atomic mass is 10.0. The Kier molecular flexibility index (Phi) is 7.20. The number of hydrogen-bond acceptors (Lipinski definition) is 5. The molecule has 0 aliphatic carbocycles. The smallest absolute Gasteiger partial charge is 0.343 e. The Balaban J connectivity index is 1.52. The van der Waals surface area contributed by atoms with Crippen molar-refractivity contribution in [1.82, 2.24) is 5.43 Å². The van der Waals surface area contributed by atoms with Gasteiger partial charge in [-0.3, -0.25) is 4.79 Å². The third-order valence-corrected chi connectivity index (χ3v) is 5.26.